The zero-order valence-electron chi connectivity index (χ0n) is 34.2. The first kappa shape index (κ1) is 41.0. The second-order valence-electron chi connectivity index (χ2n) is 18.5. The summed E-state index contributed by atoms with van der Waals surface area (Å²) in [4.78, 5) is 37.9. The maximum Gasteiger partial charge on any atom is 0.355 e. The Kier molecular flexibility index (Phi) is 10.4. The summed E-state index contributed by atoms with van der Waals surface area (Å²) in [6, 6.07) is 17.3. The number of carboxylic acids is 1. The molecule has 1 aliphatic heterocycles. The average Bonchev–Trinajstić information content (AvgIpc) is 3.75. The molecule has 5 aliphatic rings. The first-order valence-electron chi connectivity index (χ1n) is 20.6. The molecule has 60 heavy (non-hydrogen) atoms. The van der Waals surface area contributed by atoms with Crippen LogP contribution in [0.1, 0.15) is 90.0 Å². The van der Waals surface area contributed by atoms with Crippen molar-refractivity contribution in [3.8, 4) is 11.1 Å². The first-order chi connectivity index (χ1) is 28.5. The zero-order valence-corrected chi connectivity index (χ0v) is 36.6. The number of benzene rings is 2. The van der Waals surface area contributed by atoms with Crippen LogP contribution in [-0.4, -0.2) is 85.6 Å². The number of thiazole rings is 1. The van der Waals surface area contributed by atoms with Crippen LogP contribution in [0.15, 0.2) is 60.8 Å². The molecule has 4 bridgehead atoms. The van der Waals surface area contributed by atoms with E-state index in [9.17, 15) is 23.1 Å². The minimum Gasteiger partial charge on any atom is -0.476 e. The SMILES string of the molecule is Cc1c(-c2ccc(N3CCc4cccc(C(=O)Nc5nc6ccccc6s5)c4C3)nc2C(=O)O)cnn1CC12CC3(C)CC(C)(C1)CC(SCCNCCS(=O)(=O)O)(C3)C2. The number of rotatable bonds is 14. The number of pyridine rings is 1. The van der Waals surface area contributed by atoms with Gasteiger partial charge in [-0.15, -0.1) is 0 Å². The molecule has 0 saturated heterocycles. The van der Waals surface area contributed by atoms with Crippen LogP contribution < -0.4 is 15.5 Å². The van der Waals surface area contributed by atoms with E-state index in [0.717, 1.165) is 77.0 Å². The van der Waals surface area contributed by atoms with Crippen LogP contribution in [0.5, 0.6) is 0 Å². The molecule has 5 aromatic rings. The molecule has 4 saturated carbocycles. The van der Waals surface area contributed by atoms with Gasteiger partial charge < -0.3 is 15.3 Å². The van der Waals surface area contributed by atoms with Crippen molar-refractivity contribution in [3.63, 3.8) is 0 Å². The maximum absolute atomic E-state index is 13.6. The van der Waals surface area contributed by atoms with E-state index in [4.69, 9.17) is 14.6 Å². The van der Waals surface area contributed by atoms with Gasteiger partial charge >= 0.3 is 5.97 Å². The number of carboxylic acid groups (broad SMARTS) is 1. The van der Waals surface area contributed by atoms with Gasteiger partial charge in [-0.2, -0.15) is 25.3 Å². The van der Waals surface area contributed by atoms with Crippen molar-refractivity contribution in [1.29, 1.82) is 0 Å². The smallest absolute Gasteiger partial charge is 0.355 e. The van der Waals surface area contributed by atoms with Crippen molar-refractivity contribution >= 4 is 66.3 Å². The van der Waals surface area contributed by atoms with Gasteiger partial charge in [-0.1, -0.05) is 49.4 Å². The highest BCUT2D eigenvalue weighted by Gasteiger charge is 2.65. The van der Waals surface area contributed by atoms with Crippen molar-refractivity contribution in [1.82, 2.24) is 25.1 Å². The fourth-order valence-corrected chi connectivity index (χ4v) is 15.3. The van der Waals surface area contributed by atoms with Gasteiger partial charge in [-0.25, -0.2) is 14.8 Å². The molecule has 4 aliphatic carbocycles. The first-order valence-corrected chi connectivity index (χ1v) is 24.0. The van der Waals surface area contributed by atoms with Crippen LogP contribution in [0.25, 0.3) is 21.3 Å². The van der Waals surface area contributed by atoms with Crippen molar-refractivity contribution in [2.45, 2.75) is 83.6 Å². The quantitative estimate of drug-likeness (QED) is 0.0632. The number of carbonyl (C=O) groups excluding carboxylic acids is 1. The number of carbonyl (C=O) groups is 2. The summed E-state index contributed by atoms with van der Waals surface area (Å²) in [5.74, 6) is -0.222. The van der Waals surface area contributed by atoms with Crippen LogP contribution in [0, 0.1) is 23.2 Å². The van der Waals surface area contributed by atoms with Crippen molar-refractivity contribution in [2.75, 3.05) is 41.4 Å². The maximum atomic E-state index is 13.6. The van der Waals surface area contributed by atoms with E-state index in [1.165, 1.54) is 17.8 Å². The highest BCUT2D eigenvalue weighted by atomic mass is 32.2. The van der Waals surface area contributed by atoms with Crippen molar-refractivity contribution < 1.29 is 27.7 Å². The summed E-state index contributed by atoms with van der Waals surface area (Å²) in [5.41, 5.74) is 6.01. The summed E-state index contributed by atoms with van der Waals surface area (Å²) < 4.78 is 34.6. The number of thioether (sulfide) groups is 1. The normalized spacial score (nSPS) is 25.8. The predicted octanol–water partition coefficient (Wildman–Crippen LogP) is 7.71. The third kappa shape index (κ3) is 8.08. The second kappa shape index (κ2) is 15.2. The van der Waals surface area contributed by atoms with Gasteiger partial charge in [0.05, 0.1) is 22.2 Å². The Balaban J connectivity index is 0.924. The van der Waals surface area contributed by atoms with E-state index in [0.29, 0.717) is 48.1 Å². The Bertz CT molecular complexity index is 2570. The minimum atomic E-state index is -3.98. The van der Waals surface area contributed by atoms with Crippen LogP contribution in [0.3, 0.4) is 0 Å². The van der Waals surface area contributed by atoms with Gasteiger partial charge in [-0.05, 0) is 110 Å². The standard InChI is InChI=1S/C44H51N7O6S3/c1-28-32(19-46-51(28)27-43-22-41(2)21-42(3,23-43)25-44(24-41,26-43)58-17-14-45-15-18-60(55,56)57)30-11-12-36(48-37(30)39(53)54)50-16-13-29-7-6-8-31(33(29)20-50)38(52)49-40-47-34-9-4-5-10-35(34)59-40/h4-12,19,45H,13-18,20-27H2,1-3H3,(H,53,54)(H,47,49,52)(H,55,56,57). The number of hydrogen-bond donors (Lipinski definition) is 4. The Morgan fingerprint density at radius 2 is 1.72 bits per heavy atom. The Morgan fingerprint density at radius 3 is 2.47 bits per heavy atom. The molecule has 2 unspecified atom stereocenters. The molecule has 0 spiro atoms. The third-order valence-electron chi connectivity index (χ3n) is 13.2. The predicted molar refractivity (Wildman–Crippen MR) is 237 cm³/mol. The van der Waals surface area contributed by atoms with Crippen LogP contribution in [0.4, 0.5) is 10.9 Å². The molecule has 0 radical (unpaired) electrons. The number of anilines is 2. The molecule has 16 heteroatoms. The van der Waals surface area contributed by atoms with Crippen LogP contribution >= 0.6 is 23.1 Å². The lowest BCUT2D eigenvalue weighted by molar-refractivity contribution is -0.139. The van der Waals surface area contributed by atoms with E-state index in [2.05, 4.69) is 34.1 Å². The molecule has 2 aromatic carbocycles. The molecule has 316 valence electrons. The molecule has 13 nitrogen and oxygen atoms in total. The summed E-state index contributed by atoms with van der Waals surface area (Å²) in [6.07, 6.45) is 9.34. The Hall–Kier alpha value is -4.35. The minimum absolute atomic E-state index is 0.0295. The lowest BCUT2D eigenvalue weighted by Gasteiger charge is -2.69. The number of nitrogens with zero attached hydrogens (tertiary/aromatic N) is 5. The number of aromatic nitrogens is 4. The lowest BCUT2D eigenvalue weighted by atomic mass is 9.40. The van der Waals surface area contributed by atoms with Crippen molar-refractivity contribution in [3.05, 3.63) is 88.9 Å². The number of nitrogens with one attached hydrogen (secondary N) is 2. The van der Waals surface area contributed by atoms with Crippen LogP contribution in [0.2, 0.25) is 0 Å². The van der Waals surface area contributed by atoms with E-state index >= 15 is 0 Å². The molecular weight excluding hydrogens is 819 g/mol. The average molecular weight is 870 g/mol. The van der Waals surface area contributed by atoms with Gasteiger partial charge in [0.15, 0.2) is 10.8 Å². The number of para-hydroxylation sites is 1. The summed E-state index contributed by atoms with van der Waals surface area (Å²) in [7, 11) is -3.98. The summed E-state index contributed by atoms with van der Waals surface area (Å²) in [5, 5.41) is 22.2. The highest BCUT2D eigenvalue weighted by molar-refractivity contribution is 8.00. The molecule has 1 amide bonds. The lowest BCUT2D eigenvalue weighted by Crippen LogP contribution is -2.62. The van der Waals surface area contributed by atoms with E-state index in [-0.39, 0.29) is 44.9 Å². The van der Waals surface area contributed by atoms with E-state index in [1.54, 1.807) is 6.20 Å². The van der Waals surface area contributed by atoms with Gasteiger partial charge in [-0.3, -0.25) is 19.3 Å². The number of amides is 1. The van der Waals surface area contributed by atoms with Gasteiger partial charge in [0.25, 0.3) is 16.0 Å². The molecule has 4 heterocycles. The molecule has 4 fully saturated rings. The second-order valence-corrected chi connectivity index (χ2v) is 22.6. The fourth-order valence-electron chi connectivity index (χ4n) is 12.1. The third-order valence-corrected chi connectivity index (χ3v) is 16.3. The summed E-state index contributed by atoms with van der Waals surface area (Å²) >= 11 is 3.45. The van der Waals surface area contributed by atoms with Gasteiger partial charge in [0.1, 0.15) is 5.82 Å². The van der Waals surface area contributed by atoms with E-state index in [1.807, 2.05) is 78.2 Å². The summed E-state index contributed by atoms with van der Waals surface area (Å²) in [6.45, 7) is 9.63. The Morgan fingerprint density at radius 1 is 0.933 bits per heavy atom. The molecule has 4 N–H and O–H groups in total. The molecular formula is C44H51N7O6S3. The Labute approximate surface area is 358 Å². The van der Waals surface area contributed by atoms with Gasteiger partial charge in [0.2, 0.25) is 0 Å². The zero-order chi connectivity index (χ0) is 42.1. The van der Waals surface area contributed by atoms with Crippen LogP contribution in [-0.2, 0) is 29.6 Å². The topological polar surface area (TPSA) is 180 Å². The van der Waals surface area contributed by atoms with Crippen molar-refractivity contribution in [2.24, 2.45) is 16.2 Å². The van der Waals surface area contributed by atoms with E-state index < -0.39 is 16.1 Å². The molecule has 2 atom stereocenters. The molecule has 10 rings (SSSR count). The monoisotopic (exact) mass is 869 g/mol. The number of fused-ring (bicyclic) bond motifs is 2. The fraction of sp³-hybridized carbons (Fsp3) is 0.477. The highest BCUT2D eigenvalue weighted by Crippen LogP contribution is 2.74. The van der Waals surface area contributed by atoms with Gasteiger partial charge in [0, 0.05) is 65.6 Å². The largest absolute Gasteiger partial charge is 0.476 e. The number of aromatic carboxylic acids is 1. The molecule has 3 aromatic heterocycles. The number of hydrogen-bond acceptors (Lipinski definition) is 11.